The first-order valence-corrected chi connectivity index (χ1v) is 10.2. The summed E-state index contributed by atoms with van der Waals surface area (Å²) >= 11 is 0. The molecule has 1 aliphatic carbocycles. The van der Waals surface area contributed by atoms with Gasteiger partial charge < -0.3 is 10.1 Å². The number of carbonyl (C=O) groups is 2. The van der Waals surface area contributed by atoms with Crippen molar-refractivity contribution in [3.8, 4) is 5.88 Å². The highest BCUT2D eigenvalue weighted by molar-refractivity contribution is 5.95. The predicted octanol–water partition coefficient (Wildman–Crippen LogP) is 3.61. The van der Waals surface area contributed by atoms with Gasteiger partial charge in [-0.1, -0.05) is 0 Å². The molecular weight excluding hydrogens is 446 g/mol. The number of carbonyl (C=O) groups excluding carboxylic acids is 2. The zero-order valence-electron chi connectivity index (χ0n) is 18.2. The standard InChI is InChI=1S/C21H23F4N5O3/c1-10-6-14(8-26-18(10)33-9-21(24,25)19(22)23)12(3)28-17(32)15-7-11(2)27-20(29-15)30-16(31)13-4-5-13/h6-8,12-13,19H,4-5,9H2,1-3H3,(H,28,32)(H,27,29,30,31). The Labute approximate surface area is 187 Å². The third kappa shape index (κ3) is 6.36. The lowest BCUT2D eigenvalue weighted by atomic mass is 10.1. The Morgan fingerprint density at radius 3 is 2.52 bits per heavy atom. The number of alkyl halides is 4. The molecule has 0 radical (unpaired) electrons. The first-order valence-electron chi connectivity index (χ1n) is 10.2. The molecule has 12 heteroatoms. The molecule has 1 unspecified atom stereocenters. The summed E-state index contributed by atoms with van der Waals surface area (Å²) in [6.07, 6.45) is -0.927. The van der Waals surface area contributed by atoms with Crippen LogP contribution in [0.25, 0.3) is 0 Å². The highest BCUT2D eigenvalue weighted by Crippen LogP contribution is 2.30. The second-order valence-corrected chi connectivity index (χ2v) is 7.92. The molecule has 0 spiro atoms. The Morgan fingerprint density at radius 2 is 1.91 bits per heavy atom. The maximum Gasteiger partial charge on any atom is 0.340 e. The molecule has 2 N–H and O–H groups in total. The highest BCUT2D eigenvalue weighted by atomic mass is 19.3. The van der Waals surface area contributed by atoms with Crippen LogP contribution in [0.1, 0.15) is 53.1 Å². The van der Waals surface area contributed by atoms with Gasteiger partial charge in [0.15, 0.2) is 6.61 Å². The molecule has 33 heavy (non-hydrogen) atoms. The van der Waals surface area contributed by atoms with Crippen LogP contribution in [0.4, 0.5) is 23.5 Å². The summed E-state index contributed by atoms with van der Waals surface area (Å²) in [5.41, 5.74) is 1.41. The summed E-state index contributed by atoms with van der Waals surface area (Å²) in [6, 6.07) is 2.46. The van der Waals surface area contributed by atoms with Gasteiger partial charge in [-0.3, -0.25) is 14.9 Å². The molecule has 0 bridgehead atoms. The van der Waals surface area contributed by atoms with Gasteiger partial charge in [-0.05, 0) is 51.3 Å². The monoisotopic (exact) mass is 469 g/mol. The predicted molar refractivity (Wildman–Crippen MR) is 109 cm³/mol. The van der Waals surface area contributed by atoms with Crippen molar-refractivity contribution in [3.05, 3.63) is 40.8 Å². The molecule has 2 amide bonds. The van der Waals surface area contributed by atoms with Gasteiger partial charge in [-0.2, -0.15) is 8.78 Å². The highest BCUT2D eigenvalue weighted by Gasteiger charge is 2.42. The second-order valence-electron chi connectivity index (χ2n) is 7.92. The van der Waals surface area contributed by atoms with Crippen LogP contribution in [0.15, 0.2) is 18.3 Å². The summed E-state index contributed by atoms with van der Waals surface area (Å²) in [5.74, 6) is -5.21. The Kier molecular flexibility index (Phi) is 7.13. The number of anilines is 1. The minimum Gasteiger partial charge on any atom is -0.471 e. The quantitative estimate of drug-likeness (QED) is 0.544. The van der Waals surface area contributed by atoms with Crippen molar-refractivity contribution >= 4 is 17.8 Å². The molecule has 0 saturated heterocycles. The molecule has 1 fully saturated rings. The van der Waals surface area contributed by atoms with Gasteiger partial charge in [-0.25, -0.2) is 23.7 Å². The SMILES string of the molecule is Cc1cc(C(=O)NC(C)c2cnc(OCC(F)(F)C(F)F)c(C)c2)nc(NC(=O)C2CC2)n1. The number of aryl methyl sites for hydroxylation is 2. The lowest BCUT2D eigenvalue weighted by molar-refractivity contribution is -0.148. The van der Waals surface area contributed by atoms with Crippen molar-refractivity contribution in [2.75, 3.05) is 11.9 Å². The van der Waals surface area contributed by atoms with Gasteiger partial charge in [0.25, 0.3) is 5.91 Å². The van der Waals surface area contributed by atoms with E-state index in [0.29, 0.717) is 16.8 Å². The van der Waals surface area contributed by atoms with E-state index in [-0.39, 0.29) is 29.3 Å². The largest absolute Gasteiger partial charge is 0.471 e. The number of aromatic nitrogens is 3. The molecule has 1 atom stereocenters. The van der Waals surface area contributed by atoms with E-state index in [2.05, 4.69) is 25.6 Å². The topological polar surface area (TPSA) is 106 Å². The lowest BCUT2D eigenvalue weighted by Gasteiger charge is -2.18. The minimum absolute atomic E-state index is 0.0456. The van der Waals surface area contributed by atoms with Crippen LogP contribution in [-0.2, 0) is 4.79 Å². The normalized spacial score (nSPS) is 14.7. The first-order chi connectivity index (χ1) is 15.5. The van der Waals surface area contributed by atoms with Crippen molar-refractivity contribution in [2.45, 2.75) is 52.0 Å². The zero-order valence-corrected chi connectivity index (χ0v) is 18.2. The van der Waals surface area contributed by atoms with Crippen molar-refractivity contribution in [1.82, 2.24) is 20.3 Å². The Bertz CT molecular complexity index is 1050. The van der Waals surface area contributed by atoms with Gasteiger partial charge in [0.1, 0.15) is 5.69 Å². The van der Waals surface area contributed by atoms with Crippen LogP contribution in [0.5, 0.6) is 5.88 Å². The number of hydrogen-bond acceptors (Lipinski definition) is 6. The molecule has 0 aliphatic heterocycles. The number of hydrogen-bond donors (Lipinski definition) is 2. The maximum atomic E-state index is 13.1. The zero-order chi connectivity index (χ0) is 24.3. The van der Waals surface area contributed by atoms with E-state index in [1.807, 2.05) is 0 Å². The third-order valence-corrected chi connectivity index (χ3v) is 4.89. The van der Waals surface area contributed by atoms with Crippen molar-refractivity contribution in [1.29, 1.82) is 0 Å². The molecule has 0 aromatic carbocycles. The molecule has 2 heterocycles. The van der Waals surface area contributed by atoms with E-state index in [1.165, 1.54) is 19.2 Å². The third-order valence-electron chi connectivity index (χ3n) is 4.89. The van der Waals surface area contributed by atoms with Crippen LogP contribution in [0, 0.1) is 19.8 Å². The molecule has 2 aromatic heterocycles. The number of nitrogens with one attached hydrogen (secondary N) is 2. The average molecular weight is 469 g/mol. The van der Waals surface area contributed by atoms with E-state index >= 15 is 0 Å². The van der Waals surface area contributed by atoms with Crippen LogP contribution >= 0.6 is 0 Å². The smallest absolute Gasteiger partial charge is 0.340 e. The van der Waals surface area contributed by atoms with Crippen LogP contribution < -0.4 is 15.4 Å². The van der Waals surface area contributed by atoms with E-state index < -0.39 is 30.9 Å². The minimum atomic E-state index is -4.29. The fourth-order valence-corrected chi connectivity index (χ4v) is 2.85. The van der Waals surface area contributed by atoms with Crippen molar-refractivity contribution in [2.24, 2.45) is 5.92 Å². The van der Waals surface area contributed by atoms with E-state index in [1.54, 1.807) is 19.9 Å². The number of pyridine rings is 1. The lowest BCUT2D eigenvalue weighted by Crippen LogP contribution is -2.34. The number of amides is 2. The summed E-state index contributed by atoms with van der Waals surface area (Å²) in [7, 11) is 0. The van der Waals surface area contributed by atoms with Gasteiger partial charge in [0, 0.05) is 23.4 Å². The number of rotatable bonds is 9. The van der Waals surface area contributed by atoms with Crippen molar-refractivity contribution in [3.63, 3.8) is 0 Å². The van der Waals surface area contributed by atoms with Crippen LogP contribution in [0.3, 0.4) is 0 Å². The molecule has 8 nitrogen and oxygen atoms in total. The van der Waals surface area contributed by atoms with Crippen LogP contribution in [-0.4, -0.2) is 45.7 Å². The fraction of sp³-hybridized carbons (Fsp3) is 0.476. The molecular formula is C21H23F4N5O3. The molecule has 1 aliphatic rings. The summed E-state index contributed by atoms with van der Waals surface area (Å²) in [6.45, 7) is 3.35. The van der Waals surface area contributed by atoms with Gasteiger partial charge in [0.2, 0.25) is 17.7 Å². The van der Waals surface area contributed by atoms with E-state index in [0.717, 1.165) is 12.8 Å². The number of nitrogens with zero attached hydrogens (tertiary/aromatic N) is 3. The van der Waals surface area contributed by atoms with Crippen molar-refractivity contribution < 1.29 is 31.9 Å². The first kappa shape index (κ1) is 24.3. The Balaban J connectivity index is 1.65. The fourth-order valence-electron chi connectivity index (χ4n) is 2.85. The second kappa shape index (κ2) is 9.67. The summed E-state index contributed by atoms with van der Waals surface area (Å²) in [5, 5.41) is 5.33. The summed E-state index contributed by atoms with van der Waals surface area (Å²) in [4.78, 5) is 36.7. The van der Waals surface area contributed by atoms with Crippen LogP contribution in [0.2, 0.25) is 0 Å². The molecule has 1 saturated carbocycles. The van der Waals surface area contributed by atoms with E-state index in [9.17, 15) is 27.2 Å². The molecule has 2 aromatic rings. The number of ether oxygens (including phenoxy) is 1. The Morgan fingerprint density at radius 1 is 1.21 bits per heavy atom. The summed E-state index contributed by atoms with van der Waals surface area (Å²) < 4.78 is 55.4. The Hall–Kier alpha value is -3.31. The van der Waals surface area contributed by atoms with Gasteiger partial charge in [0.05, 0.1) is 6.04 Å². The maximum absolute atomic E-state index is 13.1. The van der Waals surface area contributed by atoms with Gasteiger partial charge >= 0.3 is 12.3 Å². The number of halogens is 4. The average Bonchev–Trinajstić information content (AvgIpc) is 3.57. The molecule has 178 valence electrons. The van der Waals surface area contributed by atoms with Gasteiger partial charge in [-0.15, -0.1) is 0 Å². The van der Waals surface area contributed by atoms with E-state index in [4.69, 9.17) is 4.74 Å². The molecule has 3 rings (SSSR count).